The van der Waals surface area contributed by atoms with Gasteiger partial charge in [-0.3, -0.25) is 9.55 Å². The molecule has 0 atom stereocenters. The van der Waals surface area contributed by atoms with Gasteiger partial charge in [0.2, 0.25) is 5.89 Å². The van der Waals surface area contributed by atoms with Crippen molar-refractivity contribution in [2.75, 3.05) is 0 Å². The lowest BCUT2D eigenvalue weighted by molar-refractivity contribution is 0.360. The van der Waals surface area contributed by atoms with Gasteiger partial charge < -0.3 is 4.52 Å². The minimum Gasteiger partial charge on any atom is -0.339 e. The third kappa shape index (κ3) is 4.89. The first-order valence-electron chi connectivity index (χ1n) is 9.51. The average molecular weight is 407 g/mol. The highest BCUT2D eigenvalue weighted by Gasteiger charge is 2.16. The summed E-state index contributed by atoms with van der Waals surface area (Å²) in [4.78, 5) is 8.58. The highest BCUT2D eigenvalue weighted by molar-refractivity contribution is 7.98. The number of nitrogens with zero attached hydrogens (tertiary/aromatic N) is 6. The van der Waals surface area contributed by atoms with E-state index in [-0.39, 0.29) is 0 Å². The lowest BCUT2D eigenvalue weighted by atomic mass is 10.1. The molecule has 29 heavy (non-hydrogen) atoms. The van der Waals surface area contributed by atoms with Crippen molar-refractivity contribution in [2.45, 2.75) is 37.7 Å². The highest BCUT2D eigenvalue weighted by atomic mass is 32.2. The lowest BCUT2D eigenvalue weighted by Crippen LogP contribution is -2.04. The van der Waals surface area contributed by atoms with Crippen LogP contribution in [-0.2, 0) is 18.7 Å². The van der Waals surface area contributed by atoms with E-state index >= 15 is 0 Å². The SMILES string of the molecule is CC(C)Cc1nc(CSc2nnc(-c3ccncc3)n2Cc2ccccc2)no1. The molecule has 0 bridgehead atoms. The van der Waals surface area contributed by atoms with Gasteiger partial charge in [0.15, 0.2) is 16.8 Å². The zero-order valence-electron chi connectivity index (χ0n) is 16.4. The molecular weight excluding hydrogens is 384 g/mol. The van der Waals surface area contributed by atoms with Gasteiger partial charge in [-0.2, -0.15) is 4.98 Å². The van der Waals surface area contributed by atoms with Crippen molar-refractivity contribution in [3.63, 3.8) is 0 Å². The molecule has 8 heteroatoms. The van der Waals surface area contributed by atoms with Crippen LogP contribution in [0.3, 0.4) is 0 Å². The Morgan fingerprint density at radius 1 is 1.03 bits per heavy atom. The molecule has 0 aliphatic rings. The van der Waals surface area contributed by atoms with E-state index < -0.39 is 0 Å². The predicted molar refractivity (Wildman–Crippen MR) is 111 cm³/mol. The topological polar surface area (TPSA) is 82.5 Å². The molecule has 0 radical (unpaired) electrons. The molecule has 7 nitrogen and oxygen atoms in total. The van der Waals surface area contributed by atoms with Crippen molar-refractivity contribution in [2.24, 2.45) is 5.92 Å². The minimum atomic E-state index is 0.479. The Morgan fingerprint density at radius 3 is 2.59 bits per heavy atom. The summed E-state index contributed by atoms with van der Waals surface area (Å²) in [6.07, 6.45) is 4.31. The van der Waals surface area contributed by atoms with Crippen LogP contribution in [-0.4, -0.2) is 29.9 Å². The van der Waals surface area contributed by atoms with Crippen molar-refractivity contribution in [3.05, 3.63) is 72.1 Å². The van der Waals surface area contributed by atoms with E-state index in [1.165, 1.54) is 5.56 Å². The molecule has 0 saturated carbocycles. The molecule has 0 N–H and O–H groups in total. The summed E-state index contributed by atoms with van der Waals surface area (Å²) in [6, 6.07) is 14.2. The van der Waals surface area contributed by atoms with Gasteiger partial charge >= 0.3 is 0 Å². The quantitative estimate of drug-likeness (QED) is 0.404. The summed E-state index contributed by atoms with van der Waals surface area (Å²) in [5, 5.41) is 13.8. The van der Waals surface area contributed by atoms with Crippen LogP contribution < -0.4 is 0 Å². The summed E-state index contributed by atoms with van der Waals surface area (Å²) in [6.45, 7) is 4.94. The Morgan fingerprint density at radius 2 is 1.83 bits per heavy atom. The summed E-state index contributed by atoms with van der Waals surface area (Å²) in [7, 11) is 0. The van der Waals surface area contributed by atoms with Gasteiger partial charge in [0.25, 0.3) is 0 Å². The Bertz CT molecular complexity index is 1050. The second-order valence-corrected chi connectivity index (χ2v) is 8.05. The summed E-state index contributed by atoms with van der Waals surface area (Å²) >= 11 is 1.56. The normalized spacial score (nSPS) is 11.3. The first kappa shape index (κ1) is 19.3. The van der Waals surface area contributed by atoms with Gasteiger partial charge in [-0.1, -0.05) is 61.1 Å². The molecule has 148 valence electrons. The van der Waals surface area contributed by atoms with Crippen LogP contribution in [0.2, 0.25) is 0 Å². The second-order valence-electron chi connectivity index (χ2n) is 7.10. The van der Waals surface area contributed by atoms with E-state index in [2.05, 4.69) is 55.9 Å². The number of pyridine rings is 1. The van der Waals surface area contributed by atoms with Crippen molar-refractivity contribution in [3.8, 4) is 11.4 Å². The molecule has 4 rings (SSSR count). The molecule has 0 saturated heterocycles. The van der Waals surface area contributed by atoms with Gasteiger partial charge in [-0.25, -0.2) is 0 Å². The van der Waals surface area contributed by atoms with Crippen molar-refractivity contribution < 1.29 is 4.52 Å². The van der Waals surface area contributed by atoms with Crippen LogP contribution in [0, 0.1) is 5.92 Å². The molecule has 3 heterocycles. The maximum absolute atomic E-state index is 5.34. The fourth-order valence-electron chi connectivity index (χ4n) is 2.93. The van der Waals surface area contributed by atoms with Gasteiger partial charge in [0, 0.05) is 24.4 Å². The Hall–Kier alpha value is -3.00. The van der Waals surface area contributed by atoms with Gasteiger partial charge in [0.1, 0.15) is 0 Å². The largest absolute Gasteiger partial charge is 0.339 e. The monoisotopic (exact) mass is 406 g/mol. The molecule has 3 aromatic heterocycles. The molecule has 0 amide bonds. The first-order valence-corrected chi connectivity index (χ1v) is 10.5. The number of rotatable bonds is 8. The van der Waals surface area contributed by atoms with E-state index in [1.54, 1.807) is 24.2 Å². The average Bonchev–Trinajstić information content (AvgIpc) is 3.34. The molecule has 0 aliphatic carbocycles. The number of aromatic nitrogens is 6. The van der Waals surface area contributed by atoms with Crippen molar-refractivity contribution in [1.29, 1.82) is 0 Å². The first-order chi connectivity index (χ1) is 14.2. The minimum absolute atomic E-state index is 0.479. The van der Waals surface area contributed by atoms with E-state index in [0.717, 1.165) is 23.0 Å². The smallest absolute Gasteiger partial charge is 0.226 e. The van der Waals surface area contributed by atoms with Crippen LogP contribution in [0.25, 0.3) is 11.4 Å². The Labute approximate surface area is 173 Å². The molecule has 1 aromatic carbocycles. The maximum atomic E-state index is 5.34. The number of hydrogen-bond donors (Lipinski definition) is 0. The molecular formula is C21H22N6OS. The molecule has 0 aliphatic heterocycles. The van der Waals surface area contributed by atoms with Gasteiger partial charge in [-0.15, -0.1) is 10.2 Å². The molecule has 0 spiro atoms. The fourth-order valence-corrected chi connectivity index (χ4v) is 3.71. The van der Waals surface area contributed by atoms with Gasteiger partial charge in [-0.05, 0) is 23.6 Å². The maximum Gasteiger partial charge on any atom is 0.226 e. The second kappa shape index (κ2) is 9.00. The summed E-state index contributed by atoms with van der Waals surface area (Å²) in [5.41, 5.74) is 2.16. The van der Waals surface area contributed by atoms with E-state index in [0.29, 0.717) is 29.9 Å². The van der Waals surface area contributed by atoms with Crippen LogP contribution in [0.1, 0.15) is 31.1 Å². The Balaban J connectivity index is 1.57. The number of hydrogen-bond acceptors (Lipinski definition) is 7. The molecule has 0 fully saturated rings. The van der Waals surface area contributed by atoms with Crippen molar-refractivity contribution >= 4 is 11.8 Å². The molecule has 4 aromatic rings. The fraction of sp³-hybridized carbons (Fsp3) is 0.286. The van der Waals surface area contributed by atoms with E-state index in [1.807, 2.05) is 30.3 Å². The lowest BCUT2D eigenvalue weighted by Gasteiger charge is -2.10. The summed E-state index contributed by atoms with van der Waals surface area (Å²) in [5.74, 6) is 3.22. The Kier molecular flexibility index (Phi) is 6.00. The third-order valence-corrected chi connectivity index (χ3v) is 5.23. The van der Waals surface area contributed by atoms with E-state index in [9.17, 15) is 0 Å². The van der Waals surface area contributed by atoms with Crippen LogP contribution in [0.5, 0.6) is 0 Å². The van der Waals surface area contributed by atoms with Crippen molar-refractivity contribution in [1.82, 2.24) is 29.9 Å². The standard InChI is InChI=1S/C21H22N6OS/c1-15(2)12-19-23-18(26-28-19)14-29-21-25-24-20(17-8-10-22-11-9-17)27(21)13-16-6-4-3-5-7-16/h3-11,15H,12-14H2,1-2H3. The third-order valence-electron chi connectivity index (χ3n) is 4.26. The van der Waals surface area contributed by atoms with E-state index in [4.69, 9.17) is 4.52 Å². The van der Waals surface area contributed by atoms with Crippen LogP contribution >= 0.6 is 11.8 Å². The van der Waals surface area contributed by atoms with Gasteiger partial charge in [0.05, 0.1) is 12.3 Å². The zero-order chi connectivity index (χ0) is 20.1. The zero-order valence-corrected chi connectivity index (χ0v) is 17.2. The number of benzene rings is 1. The number of thioether (sulfide) groups is 1. The predicted octanol–water partition coefficient (Wildman–Crippen LogP) is 4.26. The molecule has 0 unspecified atom stereocenters. The van der Waals surface area contributed by atoms with Crippen LogP contribution in [0.15, 0.2) is 64.5 Å². The summed E-state index contributed by atoms with van der Waals surface area (Å²) < 4.78 is 7.46. The highest BCUT2D eigenvalue weighted by Crippen LogP contribution is 2.26. The van der Waals surface area contributed by atoms with Crippen LogP contribution in [0.4, 0.5) is 0 Å².